The third kappa shape index (κ3) is 7.36. The monoisotopic (exact) mass is 511 g/mol. The van der Waals surface area contributed by atoms with Crippen molar-refractivity contribution < 1.29 is 24.2 Å². The SMILES string of the molecule is CC(C)NC(=O)N(C)C[C@H]1Oc2ccc(NC(=O)Nc3ccccc3)cc2C(=O)N([C@@H](C)CO)C[C@@H]1C. The molecule has 2 aromatic rings. The maximum atomic E-state index is 13.6. The number of aliphatic hydroxyl groups excluding tert-OH is 1. The second kappa shape index (κ2) is 12.4. The van der Waals surface area contributed by atoms with Crippen LogP contribution in [0.4, 0.5) is 21.0 Å². The first-order chi connectivity index (χ1) is 17.6. The number of hydrogen-bond donors (Lipinski definition) is 4. The molecule has 3 rings (SSSR count). The summed E-state index contributed by atoms with van der Waals surface area (Å²) in [5, 5.41) is 18.2. The van der Waals surface area contributed by atoms with Crippen LogP contribution in [0.25, 0.3) is 0 Å². The molecule has 0 spiro atoms. The largest absolute Gasteiger partial charge is 0.487 e. The van der Waals surface area contributed by atoms with Gasteiger partial charge in [0.2, 0.25) is 0 Å². The van der Waals surface area contributed by atoms with Gasteiger partial charge in [-0.05, 0) is 51.1 Å². The Bertz CT molecular complexity index is 1090. The number of nitrogens with zero attached hydrogens (tertiary/aromatic N) is 2. The molecule has 1 heterocycles. The van der Waals surface area contributed by atoms with E-state index in [0.29, 0.717) is 30.2 Å². The Balaban J connectivity index is 1.87. The van der Waals surface area contributed by atoms with Gasteiger partial charge in [0.05, 0.1) is 24.8 Å². The van der Waals surface area contributed by atoms with Crippen LogP contribution in [-0.2, 0) is 0 Å². The molecule has 0 fully saturated rings. The molecule has 10 heteroatoms. The molecule has 4 N–H and O–H groups in total. The summed E-state index contributed by atoms with van der Waals surface area (Å²) in [5.41, 5.74) is 1.32. The third-order valence-corrected chi connectivity index (χ3v) is 6.17. The number of para-hydroxylation sites is 1. The average molecular weight is 512 g/mol. The minimum Gasteiger partial charge on any atom is -0.487 e. The summed E-state index contributed by atoms with van der Waals surface area (Å²) in [6.07, 6.45) is -0.414. The summed E-state index contributed by atoms with van der Waals surface area (Å²) >= 11 is 0. The van der Waals surface area contributed by atoms with Crippen molar-refractivity contribution in [3.8, 4) is 5.75 Å². The summed E-state index contributed by atoms with van der Waals surface area (Å²) in [4.78, 5) is 41.7. The van der Waals surface area contributed by atoms with E-state index in [2.05, 4.69) is 16.0 Å². The van der Waals surface area contributed by atoms with Gasteiger partial charge < -0.3 is 35.6 Å². The molecule has 0 aromatic heterocycles. The summed E-state index contributed by atoms with van der Waals surface area (Å²) in [6, 6.07) is 12.8. The Kier molecular flexibility index (Phi) is 9.35. The highest BCUT2D eigenvalue weighted by molar-refractivity contribution is 6.02. The van der Waals surface area contributed by atoms with Crippen molar-refractivity contribution in [1.82, 2.24) is 15.1 Å². The van der Waals surface area contributed by atoms with Crippen molar-refractivity contribution in [2.24, 2.45) is 5.92 Å². The van der Waals surface area contributed by atoms with Crippen molar-refractivity contribution in [2.75, 3.05) is 37.4 Å². The number of urea groups is 2. The van der Waals surface area contributed by atoms with Crippen LogP contribution >= 0.6 is 0 Å². The normalized spacial score (nSPS) is 18.1. The topological polar surface area (TPSA) is 123 Å². The summed E-state index contributed by atoms with van der Waals surface area (Å²) in [5.74, 6) is -0.0851. The summed E-state index contributed by atoms with van der Waals surface area (Å²) in [6.45, 7) is 7.94. The number of likely N-dealkylation sites (N-methyl/N-ethyl adjacent to an activating group) is 1. The van der Waals surface area contributed by atoms with Gasteiger partial charge in [0, 0.05) is 36.9 Å². The summed E-state index contributed by atoms with van der Waals surface area (Å²) in [7, 11) is 1.70. The Morgan fingerprint density at radius 1 is 1.11 bits per heavy atom. The lowest BCUT2D eigenvalue weighted by atomic mass is 9.99. The van der Waals surface area contributed by atoms with Crippen LogP contribution in [0.15, 0.2) is 48.5 Å². The van der Waals surface area contributed by atoms with Crippen LogP contribution in [0.2, 0.25) is 0 Å². The number of amides is 5. The number of nitrogens with one attached hydrogen (secondary N) is 3. The van der Waals surface area contributed by atoms with E-state index < -0.39 is 18.2 Å². The number of hydrogen-bond acceptors (Lipinski definition) is 5. The average Bonchev–Trinajstić information content (AvgIpc) is 2.86. The van der Waals surface area contributed by atoms with Crippen molar-refractivity contribution in [2.45, 2.75) is 45.9 Å². The molecule has 10 nitrogen and oxygen atoms in total. The molecule has 200 valence electrons. The molecule has 5 amide bonds. The molecule has 2 aromatic carbocycles. The van der Waals surface area contributed by atoms with E-state index in [-0.39, 0.29) is 36.1 Å². The fraction of sp³-hybridized carbons (Fsp3) is 0.444. The van der Waals surface area contributed by atoms with Crippen LogP contribution in [0.1, 0.15) is 38.1 Å². The number of benzene rings is 2. The molecule has 3 atom stereocenters. The predicted molar refractivity (Wildman–Crippen MR) is 143 cm³/mol. The van der Waals surface area contributed by atoms with Crippen LogP contribution in [0, 0.1) is 5.92 Å². The molecule has 1 aliphatic heterocycles. The van der Waals surface area contributed by atoms with Crippen molar-refractivity contribution in [3.05, 3.63) is 54.1 Å². The predicted octanol–water partition coefficient (Wildman–Crippen LogP) is 3.60. The molecule has 0 saturated heterocycles. The molecule has 0 saturated carbocycles. The maximum Gasteiger partial charge on any atom is 0.323 e. The summed E-state index contributed by atoms with van der Waals surface area (Å²) < 4.78 is 6.30. The van der Waals surface area contributed by atoms with Gasteiger partial charge in [0.1, 0.15) is 11.9 Å². The lowest BCUT2D eigenvalue weighted by Crippen LogP contribution is -2.51. The van der Waals surface area contributed by atoms with Gasteiger partial charge in [0.25, 0.3) is 5.91 Å². The Morgan fingerprint density at radius 3 is 2.43 bits per heavy atom. The minimum atomic E-state index is -0.449. The van der Waals surface area contributed by atoms with Crippen LogP contribution in [-0.4, -0.2) is 77.8 Å². The highest BCUT2D eigenvalue weighted by Gasteiger charge is 2.34. The van der Waals surface area contributed by atoms with Gasteiger partial charge >= 0.3 is 12.1 Å². The highest BCUT2D eigenvalue weighted by atomic mass is 16.5. The second-order valence-corrected chi connectivity index (χ2v) is 9.76. The van der Waals surface area contributed by atoms with Gasteiger partial charge in [-0.2, -0.15) is 0 Å². The van der Waals surface area contributed by atoms with E-state index in [4.69, 9.17) is 4.74 Å². The van der Waals surface area contributed by atoms with E-state index in [1.54, 1.807) is 54.1 Å². The number of carbonyl (C=O) groups is 3. The first kappa shape index (κ1) is 27.8. The van der Waals surface area contributed by atoms with Crippen LogP contribution < -0.4 is 20.7 Å². The number of carbonyl (C=O) groups excluding carboxylic acids is 3. The van der Waals surface area contributed by atoms with Gasteiger partial charge in [0.15, 0.2) is 0 Å². The standard InChI is InChI=1S/C27H37N5O5/c1-17(2)28-27(36)31(5)15-24-18(3)14-32(19(4)16-33)25(34)22-13-21(11-12-23(22)37-24)30-26(35)29-20-9-7-6-8-10-20/h6-13,17-19,24,33H,14-16H2,1-5H3,(H,28,36)(H2,29,30,35)/t18-,19-,24+/m0/s1. The number of aliphatic hydroxyl groups is 1. The smallest absolute Gasteiger partial charge is 0.323 e. The Labute approximate surface area is 218 Å². The van der Waals surface area contributed by atoms with Gasteiger partial charge in [-0.15, -0.1) is 0 Å². The maximum absolute atomic E-state index is 13.6. The zero-order chi connectivity index (χ0) is 27.1. The zero-order valence-electron chi connectivity index (χ0n) is 22.0. The van der Waals surface area contributed by atoms with E-state index in [1.807, 2.05) is 39.0 Å². The number of fused-ring (bicyclic) bond motifs is 1. The molecular weight excluding hydrogens is 474 g/mol. The van der Waals surface area contributed by atoms with E-state index in [9.17, 15) is 19.5 Å². The van der Waals surface area contributed by atoms with E-state index in [0.717, 1.165) is 0 Å². The van der Waals surface area contributed by atoms with Crippen molar-refractivity contribution >= 4 is 29.3 Å². The zero-order valence-corrected chi connectivity index (χ0v) is 22.0. The quantitative estimate of drug-likeness (QED) is 0.452. The lowest BCUT2D eigenvalue weighted by Gasteiger charge is -2.38. The van der Waals surface area contributed by atoms with Crippen molar-refractivity contribution in [1.29, 1.82) is 0 Å². The molecular formula is C27H37N5O5. The van der Waals surface area contributed by atoms with E-state index in [1.165, 1.54) is 0 Å². The lowest BCUT2D eigenvalue weighted by molar-refractivity contribution is 0.0366. The molecule has 1 aliphatic rings. The third-order valence-electron chi connectivity index (χ3n) is 6.17. The molecule has 0 bridgehead atoms. The first-order valence-corrected chi connectivity index (χ1v) is 12.5. The molecule has 0 unspecified atom stereocenters. The van der Waals surface area contributed by atoms with Gasteiger partial charge in [-0.25, -0.2) is 9.59 Å². The molecule has 0 aliphatic carbocycles. The van der Waals surface area contributed by atoms with Crippen LogP contribution in [0.5, 0.6) is 5.75 Å². The number of ether oxygens (including phenoxy) is 1. The Morgan fingerprint density at radius 2 is 1.78 bits per heavy atom. The Hall–Kier alpha value is -3.79. The minimum absolute atomic E-state index is 0.00474. The molecule has 0 radical (unpaired) electrons. The van der Waals surface area contributed by atoms with Gasteiger partial charge in [-0.1, -0.05) is 25.1 Å². The fourth-order valence-corrected chi connectivity index (χ4v) is 4.04. The van der Waals surface area contributed by atoms with Crippen molar-refractivity contribution in [3.63, 3.8) is 0 Å². The fourth-order valence-electron chi connectivity index (χ4n) is 4.04. The van der Waals surface area contributed by atoms with Gasteiger partial charge in [-0.3, -0.25) is 4.79 Å². The first-order valence-electron chi connectivity index (χ1n) is 12.5. The van der Waals surface area contributed by atoms with E-state index >= 15 is 0 Å². The number of anilines is 2. The molecule has 37 heavy (non-hydrogen) atoms. The number of rotatable bonds is 7. The highest BCUT2D eigenvalue weighted by Crippen LogP contribution is 2.30. The van der Waals surface area contributed by atoms with Crippen LogP contribution in [0.3, 0.4) is 0 Å². The second-order valence-electron chi connectivity index (χ2n) is 9.76.